The third-order valence-electron chi connectivity index (χ3n) is 2.98. The van der Waals surface area contributed by atoms with E-state index in [1.807, 2.05) is 0 Å². The number of carbonyl (C=O) groups excluding carboxylic acids is 1. The standard InChI is InChI=1S/C11H19F3N2O/c1-9-4-3-6-16(8-9)10(17)15(2)7-5-11(12,13)14/h9H,3-8H2,1-2H3. The summed E-state index contributed by atoms with van der Waals surface area (Å²) in [5.41, 5.74) is 0. The van der Waals surface area contributed by atoms with Gasteiger partial charge in [0.1, 0.15) is 0 Å². The average Bonchev–Trinajstić information content (AvgIpc) is 2.24. The molecule has 0 aromatic carbocycles. The molecule has 0 aromatic heterocycles. The molecule has 0 aliphatic carbocycles. The van der Waals surface area contributed by atoms with E-state index in [-0.39, 0.29) is 12.6 Å². The van der Waals surface area contributed by atoms with E-state index in [1.54, 1.807) is 4.90 Å². The van der Waals surface area contributed by atoms with Crippen LogP contribution < -0.4 is 0 Å². The second-order valence-corrected chi connectivity index (χ2v) is 4.76. The molecule has 0 saturated carbocycles. The molecule has 1 unspecified atom stereocenters. The van der Waals surface area contributed by atoms with Crippen molar-refractivity contribution in [3.05, 3.63) is 0 Å². The topological polar surface area (TPSA) is 23.6 Å². The van der Waals surface area contributed by atoms with Crippen molar-refractivity contribution in [3.8, 4) is 0 Å². The Morgan fingerprint density at radius 3 is 2.65 bits per heavy atom. The van der Waals surface area contributed by atoms with E-state index < -0.39 is 12.6 Å². The van der Waals surface area contributed by atoms with Gasteiger partial charge in [0, 0.05) is 26.7 Å². The Hall–Kier alpha value is -0.940. The minimum atomic E-state index is -4.20. The monoisotopic (exact) mass is 252 g/mol. The van der Waals surface area contributed by atoms with E-state index >= 15 is 0 Å². The van der Waals surface area contributed by atoms with Crippen molar-refractivity contribution in [2.24, 2.45) is 5.92 Å². The summed E-state index contributed by atoms with van der Waals surface area (Å²) in [7, 11) is 1.42. The molecule has 0 spiro atoms. The second kappa shape index (κ2) is 5.60. The third kappa shape index (κ3) is 4.83. The molecule has 1 saturated heterocycles. The summed E-state index contributed by atoms with van der Waals surface area (Å²) in [6.07, 6.45) is -3.14. The van der Waals surface area contributed by atoms with Crippen LogP contribution in [-0.4, -0.2) is 48.7 Å². The Bertz CT molecular complexity index is 268. The summed E-state index contributed by atoms with van der Waals surface area (Å²) in [6.45, 7) is 3.08. The van der Waals surface area contributed by atoms with Crippen LogP contribution in [0.1, 0.15) is 26.2 Å². The number of likely N-dealkylation sites (tertiary alicyclic amines) is 1. The molecule has 1 atom stereocenters. The predicted molar refractivity (Wildman–Crippen MR) is 58.7 cm³/mol. The van der Waals surface area contributed by atoms with Crippen LogP contribution in [0, 0.1) is 5.92 Å². The summed E-state index contributed by atoms with van der Waals surface area (Å²) >= 11 is 0. The average molecular weight is 252 g/mol. The highest BCUT2D eigenvalue weighted by Gasteiger charge is 2.29. The Labute approximate surface area is 99.6 Å². The van der Waals surface area contributed by atoms with Crippen LogP contribution in [0.15, 0.2) is 0 Å². The van der Waals surface area contributed by atoms with Crippen molar-refractivity contribution < 1.29 is 18.0 Å². The molecule has 0 aromatic rings. The van der Waals surface area contributed by atoms with Gasteiger partial charge in [-0.1, -0.05) is 6.92 Å². The largest absolute Gasteiger partial charge is 0.390 e. The zero-order valence-electron chi connectivity index (χ0n) is 10.3. The number of urea groups is 1. The van der Waals surface area contributed by atoms with E-state index in [0.29, 0.717) is 19.0 Å². The van der Waals surface area contributed by atoms with Gasteiger partial charge in [-0.25, -0.2) is 4.79 Å². The second-order valence-electron chi connectivity index (χ2n) is 4.76. The number of piperidine rings is 1. The molecule has 1 rings (SSSR count). The molecule has 3 nitrogen and oxygen atoms in total. The van der Waals surface area contributed by atoms with Crippen LogP contribution in [0.25, 0.3) is 0 Å². The molecule has 1 fully saturated rings. The van der Waals surface area contributed by atoms with Crippen molar-refractivity contribution in [1.82, 2.24) is 9.80 Å². The quantitative estimate of drug-likeness (QED) is 0.741. The maximum absolute atomic E-state index is 12.0. The highest BCUT2D eigenvalue weighted by molar-refractivity contribution is 5.74. The van der Waals surface area contributed by atoms with E-state index in [9.17, 15) is 18.0 Å². The van der Waals surface area contributed by atoms with Crippen molar-refractivity contribution in [1.29, 1.82) is 0 Å². The van der Waals surface area contributed by atoms with Gasteiger partial charge >= 0.3 is 12.2 Å². The molecule has 2 amide bonds. The van der Waals surface area contributed by atoms with Crippen molar-refractivity contribution in [3.63, 3.8) is 0 Å². The number of nitrogens with zero attached hydrogens (tertiary/aromatic N) is 2. The summed E-state index contributed by atoms with van der Waals surface area (Å²) in [4.78, 5) is 14.6. The number of alkyl halides is 3. The Kier molecular flexibility index (Phi) is 4.65. The van der Waals surface area contributed by atoms with Crippen LogP contribution >= 0.6 is 0 Å². The lowest BCUT2D eigenvalue weighted by molar-refractivity contribution is -0.136. The first-order valence-corrected chi connectivity index (χ1v) is 5.86. The fourth-order valence-electron chi connectivity index (χ4n) is 1.99. The van der Waals surface area contributed by atoms with Gasteiger partial charge in [-0.15, -0.1) is 0 Å². The van der Waals surface area contributed by atoms with E-state index in [2.05, 4.69) is 6.92 Å². The number of rotatable bonds is 2. The van der Waals surface area contributed by atoms with E-state index in [0.717, 1.165) is 17.7 Å². The van der Waals surface area contributed by atoms with Crippen LogP contribution in [0.3, 0.4) is 0 Å². The molecule has 1 heterocycles. The molecule has 1 aliphatic heterocycles. The smallest absolute Gasteiger partial charge is 0.327 e. The molecule has 1 aliphatic rings. The SMILES string of the molecule is CC1CCCN(C(=O)N(C)CCC(F)(F)F)C1. The zero-order valence-corrected chi connectivity index (χ0v) is 10.3. The number of hydrogen-bond donors (Lipinski definition) is 0. The molecular weight excluding hydrogens is 233 g/mol. The first kappa shape index (κ1) is 14.1. The third-order valence-corrected chi connectivity index (χ3v) is 2.98. The molecule has 17 heavy (non-hydrogen) atoms. The highest BCUT2D eigenvalue weighted by Crippen LogP contribution is 2.21. The van der Waals surface area contributed by atoms with Gasteiger partial charge < -0.3 is 9.80 Å². The fourth-order valence-corrected chi connectivity index (χ4v) is 1.99. The lowest BCUT2D eigenvalue weighted by Gasteiger charge is -2.34. The van der Waals surface area contributed by atoms with Gasteiger partial charge in [-0.2, -0.15) is 13.2 Å². The van der Waals surface area contributed by atoms with Gasteiger partial charge in [-0.05, 0) is 18.8 Å². The predicted octanol–water partition coefficient (Wildman–Crippen LogP) is 2.72. The highest BCUT2D eigenvalue weighted by atomic mass is 19.4. The molecule has 0 N–H and O–H groups in total. The Morgan fingerprint density at radius 1 is 1.47 bits per heavy atom. The lowest BCUT2D eigenvalue weighted by Crippen LogP contribution is -2.46. The maximum atomic E-state index is 12.0. The summed E-state index contributed by atoms with van der Waals surface area (Å²) < 4.78 is 36.1. The van der Waals surface area contributed by atoms with E-state index in [4.69, 9.17) is 0 Å². The summed E-state index contributed by atoms with van der Waals surface area (Å²) in [5, 5.41) is 0. The first-order valence-electron chi connectivity index (χ1n) is 5.86. The van der Waals surface area contributed by atoms with E-state index in [1.165, 1.54) is 7.05 Å². The van der Waals surface area contributed by atoms with Gasteiger partial charge in [0.15, 0.2) is 0 Å². The number of amides is 2. The van der Waals surface area contributed by atoms with Gasteiger partial charge in [0.2, 0.25) is 0 Å². The molecule has 100 valence electrons. The number of carbonyl (C=O) groups is 1. The molecular formula is C11H19F3N2O. The molecule has 0 radical (unpaired) electrons. The van der Waals surface area contributed by atoms with Crippen LogP contribution in [-0.2, 0) is 0 Å². The first-order chi connectivity index (χ1) is 7.79. The summed E-state index contributed by atoms with van der Waals surface area (Å²) in [5.74, 6) is 0.434. The van der Waals surface area contributed by atoms with Gasteiger partial charge in [0.25, 0.3) is 0 Å². The van der Waals surface area contributed by atoms with Crippen LogP contribution in [0.2, 0.25) is 0 Å². The number of hydrogen-bond acceptors (Lipinski definition) is 1. The van der Waals surface area contributed by atoms with Gasteiger partial charge in [-0.3, -0.25) is 0 Å². The van der Waals surface area contributed by atoms with Crippen molar-refractivity contribution in [2.45, 2.75) is 32.4 Å². The number of halogens is 3. The Morgan fingerprint density at radius 2 is 2.12 bits per heavy atom. The van der Waals surface area contributed by atoms with Gasteiger partial charge in [0.05, 0.1) is 6.42 Å². The zero-order chi connectivity index (χ0) is 13.1. The fraction of sp³-hybridized carbons (Fsp3) is 0.909. The molecule has 0 bridgehead atoms. The minimum absolute atomic E-state index is 0.271. The maximum Gasteiger partial charge on any atom is 0.390 e. The Balaban J connectivity index is 2.40. The molecule has 6 heteroatoms. The summed E-state index contributed by atoms with van der Waals surface area (Å²) in [6, 6.07) is -0.291. The van der Waals surface area contributed by atoms with Crippen LogP contribution in [0.4, 0.5) is 18.0 Å². The minimum Gasteiger partial charge on any atom is -0.327 e. The van der Waals surface area contributed by atoms with Crippen molar-refractivity contribution in [2.75, 3.05) is 26.7 Å². The normalized spacial score (nSPS) is 21.5. The van der Waals surface area contributed by atoms with Crippen molar-refractivity contribution >= 4 is 6.03 Å². The lowest BCUT2D eigenvalue weighted by atomic mass is 10.0. The van der Waals surface area contributed by atoms with Crippen LogP contribution in [0.5, 0.6) is 0 Å².